The normalized spacial score (nSPS) is 14.0. The Labute approximate surface area is 306 Å². The van der Waals surface area contributed by atoms with E-state index in [9.17, 15) is 19.2 Å². The van der Waals surface area contributed by atoms with E-state index in [1.807, 2.05) is 32.9 Å². The van der Waals surface area contributed by atoms with Crippen molar-refractivity contribution in [2.75, 3.05) is 42.2 Å². The van der Waals surface area contributed by atoms with E-state index in [0.29, 0.717) is 41.6 Å². The van der Waals surface area contributed by atoms with Crippen molar-refractivity contribution >= 4 is 102 Å². The first-order chi connectivity index (χ1) is 23.4. The summed E-state index contributed by atoms with van der Waals surface area (Å²) in [4.78, 5) is 52.5. The number of thiophene rings is 2. The maximum absolute atomic E-state index is 12.9. The number of hydrogen-bond acceptors (Lipinski definition) is 9. The van der Waals surface area contributed by atoms with E-state index in [-0.39, 0.29) is 24.2 Å². The van der Waals surface area contributed by atoms with Crippen molar-refractivity contribution in [3.8, 4) is 11.5 Å². The highest BCUT2D eigenvalue weighted by molar-refractivity contribution is 7.19. The third-order valence-electron chi connectivity index (χ3n) is 7.90. The number of nitrogens with zero attached hydrogens (tertiary/aromatic N) is 2. The summed E-state index contributed by atoms with van der Waals surface area (Å²) in [6.45, 7) is 16.2. The van der Waals surface area contributed by atoms with E-state index in [0.717, 1.165) is 45.2 Å². The highest BCUT2D eigenvalue weighted by atomic mass is 35.5. The van der Waals surface area contributed by atoms with Gasteiger partial charge in [0.1, 0.15) is 17.8 Å². The Hall–Kier alpha value is -3.44. The predicted octanol–water partition coefficient (Wildman–Crippen LogP) is 9.35. The monoisotopic (exact) mass is 746 g/mol. The standard InChI is InChI=1S/C20H20ClNO4S.C14H15NO2S.C2H6.CH3Cl/c1-11(5-4-6-23)20(25)22-10-14(9-21)18-16(22)8-17(26-13(3)24)15-7-12(2)27-19(15)18;1-8-6-11-13(17-9(2)16)7-12-10(14(11)18-8)4-5-15(12)3;2*1-2/h6-8,14H,1,4-5,9-10H2,2-3H3;6-7H,4-5H2,1-3H3;1-2H3;1H3. The van der Waals surface area contributed by atoms with Crippen molar-refractivity contribution in [2.45, 2.75) is 66.7 Å². The molecule has 0 radical (unpaired) electrons. The van der Waals surface area contributed by atoms with Crippen LogP contribution in [0.2, 0.25) is 0 Å². The highest BCUT2D eigenvalue weighted by Gasteiger charge is 2.36. The lowest BCUT2D eigenvalue weighted by molar-refractivity contribution is -0.132. The molecule has 0 fully saturated rings. The number of likely N-dealkylation sites (N-methyl/N-ethyl adjacent to an activating group) is 1. The number of carbonyl (C=O) groups is 4. The molecule has 1 amide bonds. The fraction of sp³-hybridized carbons (Fsp3) is 0.405. The van der Waals surface area contributed by atoms with E-state index in [1.165, 1.54) is 41.1 Å². The predicted molar refractivity (Wildman–Crippen MR) is 206 cm³/mol. The van der Waals surface area contributed by atoms with E-state index < -0.39 is 5.97 Å². The minimum atomic E-state index is -0.416. The second kappa shape index (κ2) is 18.0. The molecule has 12 heteroatoms. The molecule has 264 valence electrons. The number of rotatable bonds is 7. The summed E-state index contributed by atoms with van der Waals surface area (Å²) in [6.07, 6.45) is 3.89. The number of anilines is 2. The van der Waals surface area contributed by atoms with Crippen LogP contribution < -0.4 is 19.3 Å². The van der Waals surface area contributed by atoms with Crippen LogP contribution in [-0.4, -0.2) is 56.5 Å². The largest absolute Gasteiger partial charge is 0.426 e. The molecule has 0 saturated carbocycles. The SMILES string of the molecule is C=C(CCC=O)C(=O)N1CC(CCl)c2c1cc(OC(C)=O)c1cc(C)sc21.CC.CC(=O)Oc1cc2c(c3sc(C)cc13)CCN2C.CCl. The molecule has 0 saturated heterocycles. The lowest BCUT2D eigenvalue weighted by Gasteiger charge is -2.19. The van der Waals surface area contributed by atoms with Crippen LogP contribution in [0.3, 0.4) is 0 Å². The molecule has 6 rings (SSSR count). The third kappa shape index (κ3) is 8.84. The molecule has 49 heavy (non-hydrogen) atoms. The van der Waals surface area contributed by atoms with Crippen molar-refractivity contribution in [1.82, 2.24) is 0 Å². The van der Waals surface area contributed by atoms with Gasteiger partial charge in [-0.05, 0) is 44.4 Å². The first-order valence-corrected chi connectivity index (χ1v) is 18.9. The van der Waals surface area contributed by atoms with Gasteiger partial charge in [-0.1, -0.05) is 20.4 Å². The topological polar surface area (TPSA) is 93.2 Å². The van der Waals surface area contributed by atoms with Gasteiger partial charge in [0.25, 0.3) is 5.91 Å². The van der Waals surface area contributed by atoms with Crippen LogP contribution in [0.1, 0.15) is 67.3 Å². The number of aryl methyl sites for hydroxylation is 2. The van der Waals surface area contributed by atoms with Crippen LogP contribution in [0.4, 0.5) is 11.4 Å². The summed E-state index contributed by atoms with van der Waals surface area (Å²) in [5.41, 5.74) is 4.66. The van der Waals surface area contributed by atoms with Gasteiger partial charge in [0.05, 0.1) is 5.69 Å². The van der Waals surface area contributed by atoms with E-state index in [1.54, 1.807) is 33.6 Å². The first-order valence-electron chi connectivity index (χ1n) is 16.0. The average molecular weight is 748 g/mol. The van der Waals surface area contributed by atoms with Crippen LogP contribution in [0, 0.1) is 13.8 Å². The van der Waals surface area contributed by atoms with Gasteiger partial charge in [-0.2, -0.15) is 0 Å². The Balaban J connectivity index is 0.000000256. The summed E-state index contributed by atoms with van der Waals surface area (Å²) in [6, 6.07) is 7.83. The van der Waals surface area contributed by atoms with Gasteiger partial charge < -0.3 is 24.1 Å². The molecule has 0 aliphatic carbocycles. The minimum absolute atomic E-state index is 0.0172. The Morgan fingerprint density at radius 3 is 2.00 bits per heavy atom. The maximum Gasteiger partial charge on any atom is 0.308 e. The fourth-order valence-electron chi connectivity index (χ4n) is 5.96. The van der Waals surface area contributed by atoms with Crippen molar-refractivity contribution in [1.29, 1.82) is 0 Å². The molecule has 0 bridgehead atoms. The molecule has 8 nitrogen and oxygen atoms in total. The summed E-state index contributed by atoms with van der Waals surface area (Å²) in [5, 5.41) is 1.93. The van der Waals surface area contributed by atoms with Crippen LogP contribution in [0.25, 0.3) is 20.2 Å². The van der Waals surface area contributed by atoms with Crippen molar-refractivity contribution in [3.05, 3.63) is 57.3 Å². The average Bonchev–Trinajstić information content (AvgIpc) is 3.85. The lowest BCUT2D eigenvalue weighted by Crippen LogP contribution is -2.31. The molecule has 1 atom stereocenters. The first kappa shape index (κ1) is 40.0. The number of benzene rings is 2. The summed E-state index contributed by atoms with van der Waals surface area (Å²) in [5.74, 6) is 0.572. The number of aldehydes is 1. The number of fused-ring (bicyclic) bond motifs is 6. The van der Waals surface area contributed by atoms with Crippen LogP contribution in [0.5, 0.6) is 11.5 Å². The van der Waals surface area contributed by atoms with Crippen molar-refractivity contribution < 1.29 is 28.7 Å². The number of hydrogen-bond donors (Lipinski definition) is 0. The molecule has 0 N–H and O–H groups in total. The molecule has 1 unspecified atom stereocenters. The minimum Gasteiger partial charge on any atom is -0.426 e. The number of alkyl halides is 2. The zero-order valence-corrected chi connectivity index (χ0v) is 32.5. The third-order valence-corrected chi connectivity index (χ3v) is 10.5. The number of halogens is 2. The van der Waals surface area contributed by atoms with Crippen LogP contribution in [-0.2, 0) is 25.6 Å². The zero-order chi connectivity index (χ0) is 36.6. The molecule has 2 aliphatic rings. The number of carbonyl (C=O) groups excluding carboxylic acids is 4. The van der Waals surface area contributed by atoms with Gasteiger partial charge in [0.15, 0.2) is 0 Å². The molecule has 2 aromatic heterocycles. The molecule has 2 aliphatic heterocycles. The van der Waals surface area contributed by atoms with Gasteiger partial charge >= 0.3 is 11.9 Å². The maximum atomic E-state index is 12.9. The van der Waals surface area contributed by atoms with Crippen LogP contribution in [0.15, 0.2) is 36.4 Å². The molecule has 0 spiro atoms. The Morgan fingerprint density at radius 1 is 0.939 bits per heavy atom. The van der Waals surface area contributed by atoms with Gasteiger partial charge in [0.2, 0.25) is 0 Å². The van der Waals surface area contributed by atoms with Gasteiger partial charge in [-0.25, -0.2) is 0 Å². The summed E-state index contributed by atoms with van der Waals surface area (Å²) in [7, 11) is 2.08. The molecular weight excluding hydrogens is 703 g/mol. The molecule has 4 aromatic rings. The van der Waals surface area contributed by atoms with Gasteiger partial charge in [0, 0.05) is 117 Å². The van der Waals surface area contributed by atoms with E-state index in [4.69, 9.17) is 21.1 Å². The second-order valence-electron chi connectivity index (χ2n) is 11.3. The van der Waals surface area contributed by atoms with E-state index >= 15 is 0 Å². The van der Waals surface area contributed by atoms with E-state index in [2.05, 4.69) is 43.1 Å². The summed E-state index contributed by atoms with van der Waals surface area (Å²) < 4.78 is 13.0. The summed E-state index contributed by atoms with van der Waals surface area (Å²) >= 11 is 14.2. The smallest absolute Gasteiger partial charge is 0.308 e. The molecule has 4 heterocycles. The lowest BCUT2D eigenvalue weighted by atomic mass is 10.0. The van der Waals surface area contributed by atoms with Crippen molar-refractivity contribution in [2.24, 2.45) is 0 Å². The number of ether oxygens (including phenoxy) is 2. The van der Waals surface area contributed by atoms with Crippen molar-refractivity contribution in [3.63, 3.8) is 0 Å². The Kier molecular flexibility index (Phi) is 14.7. The zero-order valence-electron chi connectivity index (χ0n) is 29.3. The second-order valence-corrected chi connectivity index (χ2v) is 14.1. The highest BCUT2D eigenvalue weighted by Crippen LogP contribution is 2.49. The van der Waals surface area contributed by atoms with Crippen LogP contribution >= 0.6 is 45.9 Å². The van der Waals surface area contributed by atoms with Gasteiger partial charge in [-0.3, -0.25) is 14.4 Å². The number of amides is 1. The fourth-order valence-corrected chi connectivity index (χ4v) is 8.46. The Bertz CT molecular complexity index is 1860. The molecular formula is C37H44Cl2N2O6S2. The molecule has 2 aromatic carbocycles. The number of esters is 2. The van der Waals surface area contributed by atoms with Gasteiger partial charge in [-0.15, -0.1) is 45.9 Å². The quantitative estimate of drug-likeness (QED) is 0.0612. The Morgan fingerprint density at radius 2 is 1.47 bits per heavy atom.